The predicted octanol–water partition coefficient (Wildman–Crippen LogP) is 3.52. The number of aromatic nitrogens is 1. The smallest absolute Gasteiger partial charge is 0.276 e. The van der Waals surface area contributed by atoms with Gasteiger partial charge in [-0.1, -0.05) is 25.1 Å². The monoisotopic (exact) mass is 321 g/mol. The number of rotatable bonds is 2. The lowest BCUT2D eigenvalue weighted by Crippen LogP contribution is -2.35. The predicted molar refractivity (Wildman–Crippen MR) is 96.7 cm³/mol. The molecule has 1 saturated heterocycles. The van der Waals surface area contributed by atoms with Crippen molar-refractivity contribution in [1.82, 2.24) is 4.98 Å². The summed E-state index contributed by atoms with van der Waals surface area (Å²) in [5.74, 6) is 0.711. The molecule has 0 aliphatic carbocycles. The van der Waals surface area contributed by atoms with E-state index in [-0.39, 0.29) is 5.91 Å². The summed E-state index contributed by atoms with van der Waals surface area (Å²) in [6, 6.07) is 12.1. The van der Waals surface area contributed by atoms with Crippen molar-refractivity contribution in [2.45, 2.75) is 26.2 Å². The van der Waals surface area contributed by atoms with E-state index < -0.39 is 0 Å². The number of pyridine rings is 1. The molecule has 4 rings (SSSR count). The molecule has 2 aliphatic heterocycles. The van der Waals surface area contributed by atoms with E-state index in [9.17, 15) is 4.79 Å². The minimum absolute atomic E-state index is 0.00635. The SMILES string of the molecule is CC1CCCN(c2ccnc(C(=O)N3CCc4ccccc43)c2)C1. The molecule has 24 heavy (non-hydrogen) atoms. The number of carbonyl (C=O) groups is 1. The highest BCUT2D eigenvalue weighted by molar-refractivity contribution is 6.06. The largest absolute Gasteiger partial charge is 0.371 e. The Morgan fingerprint density at radius 1 is 1.21 bits per heavy atom. The van der Waals surface area contributed by atoms with Crippen LogP contribution in [0.15, 0.2) is 42.6 Å². The topological polar surface area (TPSA) is 36.4 Å². The third-order valence-electron chi connectivity index (χ3n) is 5.12. The summed E-state index contributed by atoms with van der Waals surface area (Å²) in [6.07, 6.45) is 5.19. The molecule has 1 aromatic carbocycles. The molecule has 1 aromatic heterocycles. The zero-order valence-electron chi connectivity index (χ0n) is 14.1. The molecule has 3 heterocycles. The average molecular weight is 321 g/mol. The molecule has 1 amide bonds. The van der Waals surface area contributed by atoms with Gasteiger partial charge in [0, 0.05) is 37.2 Å². The fraction of sp³-hybridized carbons (Fsp3) is 0.400. The van der Waals surface area contributed by atoms with Gasteiger partial charge in [0.15, 0.2) is 0 Å². The standard InChI is InChI=1S/C20H23N3O/c1-15-5-4-11-22(14-15)17-8-10-21-18(13-17)20(24)23-12-9-16-6-2-3-7-19(16)23/h2-3,6-8,10,13,15H,4-5,9,11-12,14H2,1H3. The van der Waals surface area contributed by atoms with E-state index in [2.05, 4.69) is 22.9 Å². The van der Waals surface area contributed by atoms with Crippen molar-refractivity contribution in [3.63, 3.8) is 0 Å². The highest BCUT2D eigenvalue weighted by atomic mass is 16.2. The maximum atomic E-state index is 13.0. The van der Waals surface area contributed by atoms with Gasteiger partial charge in [0.2, 0.25) is 0 Å². The van der Waals surface area contributed by atoms with Crippen LogP contribution in [0.2, 0.25) is 0 Å². The van der Waals surface area contributed by atoms with Crippen molar-refractivity contribution in [3.05, 3.63) is 53.9 Å². The Kier molecular flexibility index (Phi) is 3.97. The van der Waals surface area contributed by atoms with Gasteiger partial charge in [-0.05, 0) is 48.9 Å². The zero-order valence-corrected chi connectivity index (χ0v) is 14.1. The molecule has 0 radical (unpaired) electrons. The summed E-state index contributed by atoms with van der Waals surface area (Å²) in [5, 5.41) is 0. The number of carbonyl (C=O) groups excluding carboxylic acids is 1. The summed E-state index contributed by atoms with van der Waals surface area (Å²) in [4.78, 5) is 21.5. The molecular formula is C20H23N3O. The van der Waals surface area contributed by atoms with E-state index in [0.29, 0.717) is 11.6 Å². The van der Waals surface area contributed by atoms with Crippen LogP contribution in [0.1, 0.15) is 35.8 Å². The summed E-state index contributed by atoms with van der Waals surface area (Å²) in [6.45, 7) is 5.16. The third kappa shape index (κ3) is 2.77. The molecule has 0 spiro atoms. The van der Waals surface area contributed by atoms with E-state index in [4.69, 9.17) is 0 Å². The van der Waals surface area contributed by atoms with Crippen molar-refractivity contribution in [1.29, 1.82) is 0 Å². The highest BCUT2D eigenvalue weighted by Crippen LogP contribution is 2.29. The van der Waals surface area contributed by atoms with Gasteiger partial charge >= 0.3 is 0 Å². The van der Waals surface area contributed by atoms with Crippen LogP contribution in [0.5, 0.6) is 0 Å². The van der Waals surface area contributed by atoms with Crippen LogP contribution in [0.4, 0.5) is 11.4 Å². The first kappa shape index (κ1) is 15.2. The van der Waals surface area contributed by atoms with Crippen LogP contribution in [-0.2, 0) is 6.42 Å². The number of hydrogen-bond donors (Lipinski definition) is 0. The number of benzene rings is 1. The molecule has 2 aliphatic rings. The summed E-state index contributed by atoms with van der Waals surface area (Å²) in [5.41, 5.74) is 3.93. The number of amides is 1. The Hall–Kier alpha value is -2.36. The number of piperidine rings is 1. The lowest BCUT2D eigenvalue weighted by Gasteiger charge is -2.33. The normalized spacial score (nSPS) is 20.1. The van der Waals surface area contributed by atoms with Crippen LogP contribution in [0, 0.1) is 5.92 Å². The van der Waals surface area contributed by atoms with E-state index in [0.717, 1.165) is 37.4 Å². The van der Waals surface area contributed by atoms with E-state index in [1.165, 1.54) is 18.4 Å². The minimum atomic E-state index is 0.00635. The number of nitrogens with zero attached hydrogens (tertiary/aromatic N) is 3. The van der Waals surface area contributed by atoms with Crippen LogP contribution < -0.4 is 9.80 Å². The second kappa shape index (κ2) is 6.27. The summed E-state index contributed by atoms with van der Waals surface area (Å²) in [7, 11) is 0. The van der Waals surface area contributed by atoms with Crippen molar-refractivity contribution in [2.24, 2.45) is 5.92 Å². The van der Waals surface area contributed by atoms with E-state index >= 15 is 0 Å². The first-order valence-corrected chi connectivity index (χ1v) is 8.83. The lowest BCUT2D eigenvalue weighted by molar-refractivity contribution is 0.0984. The maximum absolute atomic E-state index is 13.0. The van der Waals surface area contributed by atoms with Gasteiger partial charge in [0.25, 0.3) is 5.91 Å². The van der Waals surface area contributed by atoms with Gasteiger partial charge in [-0.15, -0.1) is 0 Å². The molecule has 2 aromatic rings. The maximum Gasteiger partial charge on any atom is 0.276 e. The molecule has 1 atom stereocenters. The first-order chi connectivity index (χ1) is 11.7. The zero-order chi connectivity index (χ0) is 16.5. The number of fused-ring (bicyclic) bond motifs is 1. The Morgan fingerprint density at radius 2 is 2.08 bits per heavy atom. The lowest BCUT2D eigenvalue weighted by atomic mass is 10.00. The molecule has 1 fully saturated rings. The number of hydrogen-bond acceptors (Lipinski definition) is 3. The van der Waals surface area contributed by atoms with Gasteiger partial charge < -0.3 is 9.80 Å². The van der Waals surface area contributed by atoms with Crippen LogP contribution in [0.25, 0.3) is 0 Å². The van der Waals surface area contributed by atoms with Gasteiger partial charge in [-0.25, -0.2) is 0 Å². The molecule has 0 bridgehead atoms. The summed E-state index contributed by atoms with van der Waals surface area (Å²) < 4.78 is 0. The molecule has 0 N–H and O–H groups in total. The second-order valence-electron chi connectivity index (χ2n) is 6.93. The molecule has 124 valence electrons. The Labute approximate surface area is 143 Å². The Bertz CT molecular complexity index is 758. The molecule has 4 heteroatoms. The van der Waals surface area contributed by atoms with Crippen LogP contribution >= 0.6 is 0 Å². The molecular weight excluding hydrogens is 298 g/mol. The quantitative estimate of drug-likeness (QED) is 0.849. The van der Waals surface area contributed by atoms with Crippen molar-refractivity contribution < 1.29 is 4.79 Å². The van der Waals surface area contributed by atoms with Crippen molar-refractivity contribution in [3.8, 4) is 0 Å². The fourth-order valence-electron chi connectivity index (χ4n) is 3.84. The molecule has 1 unspecified atom stereocenters. The number of anilines is 2. The second-order valence-corrected chi connectivity index (χ2v) is 6.93. The van der Waals surface area contributed by atoms with E-state index in [1.54, 1.807) is 6.20 Å². The van der Waals surface area contributed by atoms with Gasteiger partial charge in [-0.3, -0.25) is 9.78 Å². The van der Waals surface area contributed by atoms with E-state index in [1.807, 2.05) is 35.2 Å². The molecule has 0 saturated carbocycles. The van der Waals surface area contributed by atoms with Crippen LogP contribution in [-0.4, -0.2) is 30.5 Å². The Balaban J connectivity index is 1.59. The van der Waals surface area contributed by atoms with Crippen molar-refractivity contribution >= 4 is 17.3 Å². The Morgan fingerprint density at radius 3 is 2.96 bits per heavy atom. The van der Waals surface area contributed by atoms with Crippen molar-refractivity contribution in [2.75, 3.05) is 29.4 Å². The number of para-hydroxylation sites is 1. The van der Waals surface area contributed by atoms with Crippen LogP contribution in [0.3, 0.4) is 0 Å². The first-order valence-electron chi connectivity index (χ1n) is 8.83. The third-order valence-corrected chi connectivity index (χ3v) is 5.12. The highest BCUT2D eigenvalue weighted by Gasteiger charge is 2.26. The van der Waals surface area contributed by atoms with Gasteiger partial charge in [0.1, 0.15) is 5.69 Å². The fourth-order valence-corrected chi connectivity index (χ4v) is 3.84. The molecule has 4 nitrogen and oxygen atoms in total. The average Bonchev–Trinajstić information content (AvgIpc) is 3.05. The minimum Gasteiger partial charge on any atom is -0.371 e. The van der Waals surface area contributed by atoms with Gasteiger partial charge in [0.05, 0.1) is 0 Å². The summed E-state index contributed by atoms with van der Waals surface area (Å²) >= 11 is 0. The van der Waals surface area contributed by atoms with Gasteiger partial charge in [-0.2, -0.15) is 0 Å².